The van der Waals surface area contributed by atoms with Crippen molar-refractivity contribution in [3.05, 3.63) is 0 Å². The lowest BCUT2D eigenvalue weighted by Crippen LogP contribution is -2.45. The molecule has 0 bridgehead atoms. The Balaban J connectivity index is 2.12. The SMILES string of the molecule is CN1C(=O)C(CO)(CC2CCCCC2)N=C1N. The van der Waals surface area contributed by atoms with Gasteiger partial charge in [0.2, 0.25) is 0 Å². The minimum atomic E-state index is -0.999. The lowest BCUT2D eigenvalue weighted by atomic mass is 9.79. The van der Waals surface area contributed by atoms with Crippen LogP contribution in [0.3, 0.4) is 0 Å². The molecular weight excluding hydrogens is 218 g/mol. The molecule has 1 amide bonds. The van der Waals surface area contributed by atoms with Gasteiger partial charge in [0.1, 0.15) is 0 Å². The van der Waals surface area contributed by atoms with E-state index in [0.29, 0.717) is 12.3 Å². The van der Waals surface area contributed by atoms with Crippen LogP contribution in [-0.4, -0.2) is 41.1 Å². The van der Waals surface area contributed by atoms with Crippen molar-refractivity contribution in [3.8, 4) is 0 Å². The second-order valence-corrected chi connectivity index (χ2v) is 5.23. The highest BCUT2D eigenvalue weighted by atomic mass is 16.3. The van der Waals surface area contributed by atoms with Gasteiger partial charge in [-0.1, -0.05) is 32.1 Å². The van der Waals surface area contributed by atoms with Gasteiger partial charge in [0.25, 0.3) is 5.91 Å². The van der Waals surface area contributed by atoms with E-state index in [1.54, 1.807) is 7.05 Å². The molecule has 1 aliphatic carbocycles. The highest BCUT2D eigenvalue weighted by Gasteiger charge is 2.47. The van der Waals surface area contributed by atoms with Crippen molar-refractivity contribution in [2.75, 3.05) is 13.7 Å². The first-order valence-electron chi connectivity index (χ1n) is 6.33. The lowest BCUT2D eigenvalue weighted by Gasteiger charge is -2.29. The Kier molecular flexibility index (Phi) is 3.38. The maximum absolute atomic E-state index is 12.1. The molecule has 0 aromatic rings. The van der Waals surface area contributed by atoms with Crippen LogP contribution in [0.25, 0.3) is 0 Å². The number of hydrogen-bond donors (Lipinski definition) is 2. The average molecular weight is 239 g/mol. The minimum Gasteiger partial charge on any atom is -0.393 e. The van der Waals surface area contributed by atoms with Crippen LogP contribution in [0.15, 0.2) is 4.99 Å². The Morgan fingerprint density at radius 3 is 2.59 bits per heavy atom. The maximum Gasteiger partial charge on any atom is 0.259 e. The Morgan fingerprint density at radius 2 is 2.12 bits per heavy atom. The zero-order valence-electron chi connectivity index (χ0n) is 10.4. The van der Waals surface area contributed by atoms with E-state index in [9.17, 15) is 9.90 Å². The molecule has 5 nitrogen and oxygen atoms in total. The first-order chi connectivity index (χ1) is 8.09. The van der Waals surface area contributed by atoms with E-state index >= 15 is 0 Å². The van der Waals surface area contributed by atoms with Gasteiger partial charge in [-0.3, -0.25) is 9.69 Å². The molecule has 0 aromatic heterocycles. The van der Waals surface area contributed by atoms with Crippen molar-refractivity contribution >= 4 is 11.9 Å². The summed E-state index contributed by atoms with van der Waals surface area (Å²) >= 11 is 0. The number of guanidine groups is 1. The lowest BCUT2D eigenvalue weighted by molar-refractivity contribution is -0.132. The zero-order chi connectivity index (χ0) is 12.5. The van der Waals surface area contributed by atoms with Crippen LogP contribution < -0.4 is 5.73 Å². The Labute approximate surface area is 102 Å². The number of amides is 1. The number of aliphatic hydroxyl groups is 1. The summed E-state index contributed by atoms with van der Waals surface area (Å²) in [6.45, 7) is -0.243. The van der Waals surface area contributed by atoms with Gasteiger partial charge in [-0.15, -0.1) is 0 Å². The second kappa shape index (κ2) is 4.64. The summed E-state index contributed by atoms with van der Waals surface area (Å²) < 4.78 is 0. The summed E-state index contributed by atoms with van der Waals surface area (Å²) in [6, 6.07) is 0. The van der Waals surface area contributed by atoms with Crippen LogP contribution in [0.2, 0.25) is 0 Å². The quantitative estimate of drug-likeness (QED) is 0.751. The fraction of sp³-hybridized carbons (Fsp3) is 0.833. The number of aliphatic hydroxyl groups excluding tert-OH is 1. The standard InChI is InChI=1S/C12H21N3O2/c1-15-10(17)12(8-16,14-11(15)13)7-9-5-3-2-4-6-9/h9,16H,2-8H2,1H3,(H2,13,14). The molecule has 1 fully saturated rings. The predicted molar refractivity (Wildman–Crippen MR) is 65.4 cm³/mol. The Bertz CT molecular complexity index is 337. The topological polar surface area (TPSA) is 78.9 Å². The van der Waals surface area contributed by atoms with E-state index < -0.39 is 5.54 Å². The molecule has 3 N–H and O–H groups in total. The zero-order valence-corrected chi connectivity index (χ0v) is 10.4. The molecule has 0 saturated heterocycles. The number of hydrogen-bond acceptors (Lipinski definition) is 4. The van der Waals surface area contributed by atoms with Gasteiger partial charge in [-0.2, -0.15) is 0 Å². The third-order valence-electron chi connectivity index (χ3n) is 3.99. The molecule has 1 atom stereocenters. The highest BCUT2D eigenvalue weighted by Crippen LogP contribution is 2.35. The van der Waals surface area contributed by atoms with Crippen LogP contribution >= 0.6 is 0 Å². The summed E-state index contributed by atoms with van der Waals surface area (Å²) in [6.07, 6.45) is 6.61. The monoisotopic (exact) mass is 239 g/mol. The molecule has 0 aromatic carbocycles. The molecule has 0 radical (unpaired) electrons. The molecule has 2 rings (SSSR count). The van der Waals surface area contributed by atoms with Gasteiger partial charge in [0.05, 0.1) is 6.61 Å². The first kappa shape index (κ1) is 12.4. The second-order valence-electron chi connectivity index (χ2n) is 5.23. The molecule has 17 heavy (non-hydrogen) atoms. The molecule has 2 aliphatic rings. The number of carbonyl (C=O) groups is 1. The van der Waals surface area contributed by atoms with Crippen molar-refractivity contribution in [3.63, 3.8) is 0 Å². The van der Waals surface area contributed by atoms with Crippen molar-refractivity contribution in [1.82, 2.24) is 4.90 Å². The number of aliphatic imine (C=N–C) groups is 1. The van der Waals surface area contributed by atoms with Gasteiger partial charge in [-0.05, 0) is 12.3 Å². The first-order valence-corrected chi connectivity index (χ1v) is 6.33. The van der Waals surface area contributed by atoms with E-state index in [1.165, 1.54) is 24.2 Å². The van der Waals surface area contributed by atoms with Crippen molar-refractivity contribution in [2.24, 2.45) is 16.6 Å². The van der Waals surface area contributed by atoms with Crippen LogP contribution in [0.4, 0.5) is 0 Å². The van der Waals surface area contributed by atoms with E-state index in [-0.39, 0.29) is 18.5 Å². The molecule has 1 aliphatic heterocycles. The minimum absolute atomic E-state index is 0.164. The molecule has 5 heteroatoms. The number of carbonyl (C=O) groups excluding carboxylic acids is 1. The molecule has 1 heterocycles. The smallest absolute Gasteiger partial charge is 0.259 e. The molecule has 1 unspecified atom stereocenters. The summed E-state index contributed by atoms with van der Waals surface area (Å²) in [5.41, 5.74) is 4.67. The molecule has 1 saturated carbocycles. The van der Waals surface area contributed by atoms with Gasteiger partial charge in [0, 0.05) is 7.05 Å². The maximum atomic E-state index is 12.1. The largest absolute Gasteiger partial charge is 0.393 e. The fourth-order valence-electron chi connectivity index (χ4n) is 2.93. The van der Waals surface area contributed by atoms with Gasteiger partial charge in [0.15, 0.2) is 11.5 Å². The molecule has 96 valence electrons. The number of rotatable bonds is 3. The van der Waals surface area contributed by atoms with E-state index in [1.807, 2.05) is 0 Å². The Hall–Kier alpha value is -1.10. The summed E-state index contributed by atoms with van der Waals surface area (Å²) in [5, 5.41) is 9.54. The average Bonchev–Trinajstić information content (AvgIpc) is 2.56. The van der Waals surface area contributed by atoms with Gasteiger partial charge in [-0.25, -0.2) is 4.99 Å². The van der Waals surface area contributed by atoms with E-state index in [2.05, 4.69) is 4.99 Å². The van der Waals surface area contributed by atoms with Crippen LogP contribution in [-0.2, 0) is 4.79 Å². The van der Waals surface area contributed by atoms with Crippen LogP contribution in [0, 0.1) is 5.92 Å². The molecule has 0 spiro atoms. The predicted octanol–water partition coefficient (Wildman–Crippen LogP) is 0.475. The number of likely N-dealkylation sites (N-methyl/N-ethyl adjacent to an activating group) is 1. The highest BCUT2D eigenvalue weighted by molar-refractivity contribution is 6.06. The third-order valence-corrected chi connectivity index (χ3v) is 3.99. The van der Waals surface area contributed by atoms with Crippen molar-refractivity contribution < 1.29 is 9.90 Å². The molecular formula is C12H21N3O2. The summed E-state index contributed by atoms with van der Waals surface area (Å²) in [7, 11) is 1.61. The van der Waals surface area contributed by atoms with Gasteiger partial charge >= 0.3 is 0 Å². The summed E-state index contributed by atoms with van der Waals surface area (Å²) in [4.78, 5) is 17.7. The van der Waals surface area contributed by atoms with E-state index in [0.717, 1.165) is 12.8 Å². The fourth-order valence-corrected chi connectivity index (χ4v) is 2.93. The van der Waals surface area contributed by atoms with Gasteiger partial charge < -0.3 is 10.8 Å². The number of nitrogens with two attached hydrogens (primary N) is 1. The number of nitrogens with zero attached hydrogens (tertiary/aromatic N) is 2. The van der Waals surface area contributed by atoms with Crippen molar-refractivity contribution in [1.29, 1.82) is 0 Å². The van der Waals surface area contributed by atoms with Crippen LogP contribution in [0.1, 0.15) is 38.5 Å². The van der Waals surface area contributed by atoms with Crippen molar-refractivity contribution in [2.45, 2.75) is 44.1 Å². The van der Waals surface area contributed by atoms with Crippen LogP contribution in [0.5, 0.6) is 0 Å². The third kappa shape index (κ3) is 2.16. The van der Waals surface area contributed by atoms with E-state index in [4.69, 9.17) is 5.73 Å². The normalized spacial score (nSPS) is 30.8. The summed E-state index contributed by atoms with van der Waals surface area (Å²) in [5.74, 6) is 0.547. The Morgan fingerprint density at radius 1 is 1.47 bits per heavy atom.